The maximum Gasteiger partial charge on any atom is 0.255 e. The molecule has 0 aliphatic rings. The van der Waals surface area contributed by atoms with Gasteiger partial charge in [0.15, 0.2) is 11.5 Å². The van der Waals surface area contributed by atoms with E-state index in [2.05, 4.69) is 15.3 Å². The van der Waals surface area contributed by atoms with E-state index in [4.69, 9.17) is 9.47 Å². The van der Waals surface area contributed by atoms with Crippen LogP contribution in [0.1, 0.15) is 22.8 Å². The van der Waals surface area contributed by atoms with Gasteiger partial charge in [0.05, 0.1) is 12.1 Å². The van der Waals surface area contributed by atoms with E-state index in [0.29, 0.717) is 36.0 Å². The molecule has 30 heavy (non-hydrogen) atoms. The van der Waals surface area contributed by atoms with E-state index >= 15 is 0 Å². The van der Waals surface area contributed by atoms with E-state index in [1.54, 1.807) is 36.8 Å². The number of pyridine rings is 2. The largest absolute Gasteiger partial charge is 0.490 e. The first kappa shape index (κ1) is 19.4. The van der Waals surface area contributed by atoms with Crippen molar-refractivity contribution in [1.29, 1.82) is 0 Å². The first-order valence-electron chi connectivity index (χ1n) is 9.67. The highest BCUT2D eigenvalue weighted by Crippen LogP contribution is 2.30. The molecule has 0 aliphatic carbocycles. The Bertz CT molecular complexity index is 1160. The Balaban J connectivity index is 1.51. The molecule has 4 aromatic rings. The predicted molar refractivity (Wildman–Crippen MR) is 116 cm³/mol. The molecule has 6 nitrogen and oxygen atoms in total. The molecule has 0 fully saturated rings. The molecule has 0 aliphatic heterocycles. The molecule has 0 unspecified atom stereocenters. The van der Waals surface area contributed by atoms with Crippen LogP contribution in [0.2, 0.25) is 0 Å². The SMILES string of the molecule is CCOc1cc(C(=O)Nc2ccc3ncccc3c2)ccc1OCc1cccnc1. The number of nitrogens with one attached hydrogen (secondary N) is 1. The summed E-state index contributed by atoms with van der Waals surface area (Å²) in [5.74, 6) is 0.879. The Morgan fingerprint density at radius 2 is 1.87 bits per heavy atom. The smallest absolute Gasteiger partial charge is 0.255 e. The molecule has 0 saturated carbocycles. The van der Waals surface area contributed by atoms with Gasteiger partial charge in [0.25, 0.3) is 5.91 Å². The third kappa shape index (κ3) is 4.55. The van der Waals surface area contributed by atoms with E-state index in [1.807, 2.05) is 49.4 Å². The van der Waals surface area contributed by atoms with Crippen LogP contribution < -0.4 is 14.8 Å². The minimum Gasteiger partial charge on any atom is -0.490 e. The molecule has 2 heterocycles. The number of anilines is 1. The van der Waals surface area contributed by atoms with Crippen LogP contribution in [0, 0.1) is 0 Å². The molecular formula is C24H21N3O3. The van der Waals surface area contributed by atoms with Crippen LogP contribution >= 0.6 is 0 Å². The third-order valence-corrected chi connectivity index (χ3v) is 4.48. The molecule has 0 bridgehead atoms. The first-order chi connectivity index (χ1) is 14.7. The Morgan fingerprint density at radius 3 is 2.70 bits per heavy atom. The minimum atomic E-state index is -0.224. The maximum atomic E-state index is 12.8. The van der Waals surface area contributed by atoms with Crippen LogP contribution in [-0.4, -0.2) is 22.5 Å². The average molecular weight is 399 g/mol. The molecular weight excluding hydrogens is 378 g/mol. The van der Waals surface area contributed by atoms with Crippen molar-refractivity contribution in [1.82, 2.24) is 9.97 Å². The molecule has 0 radical (unpaired) electrons. The zero-order valence-electron chi connectivity index (χ0n) is 16.5. The van der Waals surface area contributed by atoms with E-state index in [0.717, 1.165) is 16.5 Å². The summed E-state index contributed by atoms with van der Waals surface area (Å²) in [4.78, 5) is 21.1. The lowest BCUT2D eigenvalue weighted by molar-refractivity contribution is 0.102. The summed E-state index contributed by atoms with van der Waals surface area (Å²) in [5, 5.41) is 3.89. The second-order valence-electron chi connectivity index (χ2n) is 6.61. The normalized spacial score (nSPS) is 10.6. The molecule has 2 aromatic heterocycles. The highest BCUT2D eigenvalue weighted by atomic mass is 16.5. The number of ether oxygens (including phenoxy) is 2. The second kappa shape index (κ2) is 9.05. The summed E-state index contributed by atoms with van der Waals surface area (Å²) in [6.07, 6.45) is 5.21. The molecule has 1 amide bonds. The number of aromatic nitrogens is 2. The number of hydrogen-bond donors (Lipinski definition) is 1. The van der Waals surface area contributed by atoms with Crippen molar-refractivity contribution in [2.45, 2.75) is 13.5 Å². The summed E-state index contributed by atoms with van der Waals surface area (Å²) >= 11 is 0. The summed E-state index contributed by atoms with van der Waals surface area (Å²) in [6.45, 7) is 2.72. The van der Waals surface area contributed by atoms with Gasteiger partial charge in [-0.15, -0.1) is 0 Å². The summed E-state index contributed by atoms with van der Waals surface area (Å²) in [5.41, 5.74) is 3.02. The van der Waals surface area contributed by atoms with Gasteiger partial charge in [-0.2, -0.15) is 0 Å². The van der Waals surface area contributed by atoms with Crippen LogP contribution in [0.3, 0.4) is 0 Å². The van der Waals surface area contributed by atoms with Crippen molar-refractivity contribution in [3.63, 3.8) is 0 Å². The number of nitrogens with zero attached hydrogens (tertiary/aromatic N) is 2. The second-order valence-corrected chi connectivity index (χ2v) is 6.61. The molecule has 2 aromatic carbocycles. The van der Waals surface area contributed by atoms with Gasteiger partial charge in [0.1, 0.15) is 6.61 Å². The Hall–Kier alpha value is -3.93. The van der Waals surface area contributed by atoms with Crippen molar-refractivity contribution < 1.29 is 14.3 Å². The van der Waals surface area contributed by atoms with Crippen LogP contribution in [0.15, 0.2) is 79.3 Å². The van der Waals surface area contributed by atoms with Gasteiger partial charge < -0.3 is 14.8 Å². The standard InChI is InChI=1S/C24H21N3O3/c1-2-29-23-14-19(7-10-22(23)30-16-17-5-3-11-25-15-17)24(28)27-20-8-9-21-18(13-20)6-4-12-26-21/h3-15H,2,16H2,1H3,(H,27,28). The van der Waals surface area contributed by atoms with Gasteiger partial charge in [0, 0.05) is 40.8 Å². The third-order valence-electron chi connectivity index (χ3n) is 4.48. The van der Waals surface area contributed by atoms with Crippen molar-refractivity contribution in [3.8, 4) is 11.5 Å². The summed E-state index contributed by atoms with van der Waals surface area (Å²) in [6, 6.07) is 18.4. The molecule has 0 spiro atoms. The highest BCUT2D eigenvalue weighted by Gasteiger charge is 2.13. The van der Waals surface area contributed by atoms with E-state index in [9.17, 15) is 4.79 Å². The van der Waals surface area contributed by atoms with Crippen LogP contribution in [0.4, 0.5) is 5.69 Å². The van der Waals surface area contributed by atoms with Gasteiger partial charge in [-0.1, -0.05) is 12.1 Å². The van der Waals surface area contributed by atoms with Crippen molar-refractivity contribution in [3.05, 3.63) is 90.4 Å². The fourth-order valence-electron chi connectivity index (χ4n) is 3.04. The lowest BCUT2D eigenvalue weighted by Gasteiger charge is -2.13. The van der Waals surface area contributed by atoms with Gasteiger partial charge in [-0.25, -0.2) is 0 Å². The van der Waals surface area contributed by atoms with Crippen molar-refractivity contribution in [2.75, 3.05) is 11.9 Å². The zero-order chi connectivity index (χ0) is 20.8. The number of carbonyl (C=O) groups is 1. The number of carbonyl (C=O) groups excluding carboxylic acids is 1. The summed E-state index contributed by atoms with van der Waals surface area (Å²) in [7, 11) is 0. The Labute approximate surface area is 174 Å². The Morgan fingerprint density at radius 1 is 0.967 bits per heavy atom. The van der Waals surface area contributed by atoms with Gasteiger partial charge in [-0.3, -0.25) is 14.8 Å². The van der Waals surface area contributed by atoms with E-state index in [-0.39, 0.29) is 5.91 Å². The number of rotatable bonds is 7. The molecule has 0 atom stereocenters. The molecule has 1 N–H and O–H groups in total. The number of benzene rings is 2. The lowest BCUT2D eigenvalue weighted by Crippen LogP contribution is -2.12. The fourth-order valence-corrected chi connectivity index (χ4v) is 3.04. The van der Waals surface area contributed by atoms with Crippen LogP contribution in [0.5, 0.6) is 11.5 Å². The predicted octanol–water partition coefficient (Wildman–Crippen LogP) is 4.86. The van der Waals surface area contributed by atoms with Gasteiger partial charge in [0.2, 0.25) is 0 Å². The van der Waals surface area contributed by atoms with Gasteiger partial charge in [-0.05, 0) is 55.5 Å². The average Bonchev–Trinajstić information content (AvgIpc) is 2.79. The molecule has 150 valence electrons. The highest BCUT2D eigenvalue weighted by molar-refractivity contribution is 6.05. The minimum absolute atomic E-state index is 0.224. The summed E-state index contributed by atoms with van der Waals surface area (Å²) < 4.78 is 11.6. The monoisotopic (exact) mass is 399 g/mol. The zero-order valence-corrected chi connectivity index (χ0v) is 16.5. The maximum absolute atomic E-state index is 12.8. The topological polar surface area (TPSA) is 73.3 Å². The molecule has 6 heteroatoms. The Kier molecular flexibility index (Phi) is 5.85. The number of hydrogen-bond acceptors (Lipinski definition) is 5. The van der Waals surface area contributed by atoms with Crippen LogP contribution in [-0.2, 0) is 6.61 Å². The number of amides is 1. The van der Waals surface area contributed by atoms with Gasteiger partial charge >= 0.3 is 0 Å². The van der Waals surface area contributed by atoms with E-state index in [1.165, 1.54) is 0 Å². The number of fused-ring (bicyclic) bond motifs is 1. The quantitative estimate of drug-likeness (QED) is 0.480. The van der Waals surface area contributed by atoms with Crippen molar-refractivity contribution >= 4 is 22.5 Å². The first-order valence-corrected chi connectivity index (χ1v) is 9.67. The van der Waals surface area contributed by atoms with Crippen molar-refractivity contribution in [2.24, 2.45) is 0 Å². The molecule has 0 saturated heterocycles. The molecule has 4 rings (SSSR count). The van der Waals surface area contributed by atoms with Crippen LogP contribution in [0.25, 0.3) is 10.9 Å². The fraction of sp³-hybridized carbons (Fsp3) is 0.125. The lowest BCUT2D eigenvalue weighted by atomic mass is 10.1. The van der Waals surface area contributed by atoms with E-state index < -0.39 is 0 Å².